The number of carbonyl (C=O) groups is 2. The molecule has 0 aliphatic heterocycles. The molecule has 0 aliphatic rings. The summed E-state index contributed by atoms with van der Waals surface area (Å²) in [6.07, 6.45) is 19.5. The maximum absolute atomic E-state index is 12.9. The SMILES string of the molecule is CCCCCCCCC(CCCCCC)OC(=O)C(C)(C)CCCCCCOC=O. The Morgan fingerprint density at radius 3 is 1.87 bits per heavy atom. The summed E-state index contributed by atoms with van der Waals surface area (Å²) in [5.41, 5.74) is -0.428. The summed E-state index contributed by atoms with van der Waals surface area (Å²) in [5.74, 6) is -0.0294. The van der Waals surface area contributed by atoms with Crippen LogP contribution in [0.1, 0.15) is 137 Å². The van der Waals surface area contributed by atoms with Gasteiger partial charge in [-0.3, -0.25) is 9.59 Å². The molecular weight excluding hydrogens is 376 g/mol. The molecule has 0 saturated carbocycles. The molecule has 0 aliphatic carbocycles. The topological polar surface area (TPSA) is 52.6 Å². The summed E-state index contributed by atoms with van der Waals surface area (Å²) in [4.78, 5) is 23.0. The van der Waals surface area contributed by atoms with Gasteiger partial charge in [-0.15, -0.1) is 0 Å². The van der Waals surface area contributed by atoms with Crippen LogP contribution in [0.2, 0.25) is 0 Å². The van der Waals surface area contributed by atoms with Crippen molar-refractivity contribution < 1.29 is 19.1 Å². The zero-order chi connectivity index (χ0) is 22.5. The molecule has 1 atom stereocenters. The van der Waals surface area contributed by atoms with E-state index in [1.54, 1.807) is 0 Å². The Morgan fingerprint density at radius 2 is 1.27 bits per heavy atom. The largest absolute Gasteiger partial charge is 0.468 e. The van der Waals surface area contributed by atoms with Crippen molar-refractivity contribution in [2.75, 3.05) is 6.61 Å². The third-order valence-corrected chi connectivity index (χ3v) is 5.97. The third kappa shape index (κ3) is 16.7. The van der Waals surface area contributed by atoms with E-state index in [-0.39, 0.29) is 12.1 Å². The van der Waals surface area contributed by atoms with Crippen LogP contribution in [0.3, 0.4) is 0 Å². The minimum absolute atomic E-state index is 0.0294. The number of ether oxygens (including phenoxy) is 2. The van der Waals surface area contributed by atoms with E-state index in [2.05, 4.69) is 13.8 Å². The fourth-order valence-corrected chi connectivity index (χ4v) is 3.78. The van der Waals surface area contributed by atoms with E-state index < -0.39 is 5.41 Å². The fraction of sp³-hybridized carbons (Fsp3) is 0.923. The Hall–Kier alpha value is -1.06. The molecule has 0 bridgehead atoms. The van der Waals surface area contributed by atoms with Gasteiger partial charge in [0.2, 0.25) is 0 Å². The van der Waals surface area contributed by atoms with Crippen LogP contribution in [0.4, 0.5) is 0 Å². The van der Waals surface area contributed by atoms with Crippen molar-refractivity contribution in [2.45, 2.75) is 143 Å². The second-order valence-corrected chi connectivity index (χ2v) is 9.45. The average Bonchev–Trinajstić information content (AvgIpc) is 2.72. The first kappa shape index (κ1) is 28.9. The number of unbranched alkanes of at least 4 members (excludes halogenated alkanes) is 11. The van der Waals surface area contributed by atoms with Crippen LogP contribution >= 0.6 is 0 Å². The van der Waals surface area contributed by atoms with Gasteiger partial charge in [0.25, 0.3) is 6.47 Å². The van der Waals surface area contributed by atoms with E-state index in [0.717, 1.165) is 51.4 Å². The summed E-state index contributed by atoms with van der Waals surface area (Å²) < 4.78 is 10.8. The lowest BCUT2D eigenvalue weighted by Crippen LogP contribution is -2.31. The first-order valence-corrected chi connectivity index (χ1v) is 12.7. The molecule has 30 heavy (non-hydrogen) atoms. The second kappa shape index (κ2) is 19.9. The maximum atomic E-state index is 12.9. The van der Waals surface area contributed by atoms with Crippen molar-refractivity contribution in [1.29, 1.82) is 0 Å². The number of hydrogen-bond donors (Lipinski definition) is 0. The quantitative estimate of drug-likeness (QED) is 0.101. The second-order valence-electron chi connectivity index (χ2n) is 9.45. The van der Waals surface area contributed by atoms with Gasteiger partial charge in [0.05, 0.1) is 12.0 Å². The number of carbonyl (C=O) groups excluding carboxylic acids is 2. The monoisotopic (exact) mass is 426 g/mol. The van der Waals surface area contributed by atoms with Gasteiger partial charge in [-0.25, -0.2) is 0 Å². The van der Waals surface area contributed by atoms with Gasteiger partial charge in [0.15, 0.2) is 0 Å². The minimum Gasteiger partial charge on any atom is -0.468 e. The first-order valence-electron chi connectivity index (χ1n) is 12.7. The lowest BCUT2D eigenvalue weighted by atomic mass is 9.86. The van der Waals surface area contributed by atoms with Gasteiger partial charge in [0, 0.05) is 0 Å². The fourth-order valence-electron chi connectivity index (χ4n) is 3.78. The Balaban J connectivity index is 4.31. The van der Waals surface area contributed by atoms with E-state index >= 15 is 0 Å². The number of esters is 1. The average molecular weight is 427 g/mol. The molecule has 178 valence electrons. The molecule has 0 spiro atoms. The molecule has 1 unspecified atom stereocenters. The maximum Gasteiger partial charge on any atom is 0.311 e. The van der Waals surface area contributed by atoms with E-state index in [4.69, 9.17) is 9.47 Å². The molecule has 0 amide bonds. The van der Waals surface area contributed by atoms with Crippen LogP contribution in [0.5, 0.6) is 0 Å². The van der Waals surface area contributed by atoms with Gasteiger partial charge in [-0.05, 0) is 52.4 Å². The Kier molecular flexibility index (Phi) is 19.2. The predicted octanol–water partition coefficient (Wildman–Crippen LogP) is 7.77. The Bertz CT molecular complexity index is 406. The van der Waals surface area contributed by atoms with Gasteiger partial charge >= 0.3 is 5.97 Å². The summed E-state index contributed by atoms with van der Waals surface area (Å²) in [5, 5.41) is 0. The lowest BCUT2D eigenvalue weighted by molar-refractivity contribution is -0.161. The van der Waals surface area contributed by atoms with Gasteiger partial charge < -0.3 is 9.47 Å². The highest BCUT2D eigenvalue weighted by atomic mass is 16.5. The Labute approximate surface area is 186 Å². The van der Waals surface area contributed by atoms with E-state index in [9.17, 15) is 9.59 Å². The van der Waals surface area contributed by atoms with Crippen molar-refractivity contribution in [3.8, 4) is 0 Å². The smallest absolute Gasteiger partial charge is 0.311 e. The molecule has 0 aromatic heterocycles. The van der Waals surface area contributed by atoms with Gasteiger partial charge in [-0.1, -0.05) is 84.5 Å². The van der Waals surface area contributed by atoms with Crippen molar-refractivity contribution in [3.63, 3.8) is 0 Å². The molecule has 0 heterocycles. The zero-order valence-electron chi connectivity index (χ0n) is 20.5. The van der Waals surface area contributed by atoms with Crippen LogP contribution in [0.15, 0.2) is 0 Å². The lowest BCUT2D eigenvalue weighted by Gasteiger charge is -2.27. The molecule has 0 fully saturated rings. The highest BCUT2D eigenvalue weighted by Crippen LogP contribution is 2.28. The molecule has 4 nitrogen and oxygen atoms in total. The van der Waals surface area contributed by atoms with E-state index in [0.29, 0.717) is 13.1 Å². The molecule has 0 aromatic carbocycles. The van der Waals surface area contributed by atoms with Crippen molar-refractivity contribution in [3.05, 3.63) is 0 Å². The first-order chi connectivity index (χ1) is 14.5. The van der Waals surface area contributed by atoms with Crippen molar-refractivity contribution in [1.82, 2.24) is 0 Å². The van der Waals surface area contributed by atoms with Gasteiger partial charge in [0.1, 0.15) is 6.10 Å². The molecule has 0 aromatic rings. The standard InChI is InChI=1S/C26H50O4/c1-5-7-9-11-12-16-20-24(19-15-10-8-6-2)30-25(28)26(3,4)21-17-13-14-18-22-29-23-27/h23-24H,5-22H2,1-4H3. The molecule has 0 rings (SSSR count). The van der Waals surface area contributed by atoms with Crippen LogP contribution < -0.4 is 0 Å². The third-order valence-electron chi connectivity index (χ3n) is 5.97. The summed E-state index contributed by atoms with van der Waals surface area (Å²) >= 11 is 0. The van der Waals surface area contributed by atoms with Gasteiger partial charge in [-0.2, -0.15) is 0 Å². The van der Waals surface area contributed by atoms with Crippen LogP contribution in [0.25, 0.3) is 0 Å². The highest BCUT2D eigenvalue weighted by Gasteiger charge is 2.30. The summed E-state index contributed by atoms with van der Waals surface area (Å²) in [7, 11) is 0. The molecule has 0 N–H and O–H groups in total. The predicted molar refractivity (Wildman–Crippen MR) is 126 cm³/mol. The number of hydrogen-bond acceptors (Lipinski definition) is 4. The van der Waals surface area contributed by atoms with E-state index in [1.807, 2.05) is 13.8 Å². The molecule has 0 radical (unpaired) electrons. The highest BCUT2D eigenvalue weighted by molar-refractivity contribution is 5.76. The van der Waals surface area contributed by atoms with Crippen LogP contribution in [-0.4, -0.2) is 25.2 Å². The normalized spacial score (nSPS) is 12.5. The summed E-state index contributed by atoms with van der Waals surface area (Å²) in [6.45, 7) is 9.50. The Morgan fingerprint density at radius 1 is 0.767 bits per heavy atom. The zero-order valence-corrected chi connectivity index (χ0v) is 20.5. The molecule has 4 heteroatoms. The van der Waals surface area contributed by atoms with Crippen molar-refractivity contribution >= 4 is 12.4 Å². The summed E-state index contributed by atoms with van der Waals surface area (Å²) in [6, 6.07) is 0. The van der Waals surface area contributed by atoms with Crippen LogP contribution in [-0.2, 0) is 19.1 Å². The van der Waals surface area contributed by atoms with Crippen molar-refractivity contribution in [2.24, 2.45) is 5.41 Å². The molecular formula is C26H50O4. The van der Waals surface area contributed by atoms with E-state index in [1.165, 1.54) is 57.8 Å². The minimum atomic E-state index is -0.428. The van der Waals surface area contributed by atoms with Crippen LogP contribution in [0, 0.1) is 5.41 Å². The molecule has 0 saturated heterocycles. The number of rotatable bonds is 22.